The molecule has 5 N–H and O–H groups in total. The van der Waals surface area contributed by atoms with Crippen molar-refractivity contribution in [3.8, 4) is 0 Å². The normalized spacial score (nSPS) is 25.7. The van der Waals surface area contributed by atoms with Crippen LogP contribution in [-0.4, -0.2) is 55.9 Å². The van der Waals surface area contributed by atoms with Crippen LogP contribution in [0.2, 0.25) is 0 Å². The molecule has 2 atom stereocenters. The number of nitrogens with one attached hydrogen (secondary N) is 1. The highest BCUT2D eigenvalue weighted by Gasteiger charge is 2.46. The Morgan fingerprint density at radius 1 is 1.71 bits per heavy atom. The van der Waals surface area contributed by atoms with Gasteiger partial charge in [-0.05, 0) is 6.42 Å². The molecule has 17 heavy (non-hydrogen) atoms. The molecule has 1 saturated heterocycles. The van der Waals surface area contributed by atoms with Crippen LogP contribution in [-0.2, 0) is 9.53 Å². The first-order valence-corrected chi connectivity index (χ1v) is 5.31. The monoisotopic (exact) mass is 252 g/mol. The van der Waals surface area contributed by atoms with Gasteiger partial charge >= 0.3 is 0 Å². The molecule has 6 nitrogen and oxygen atoms in total. The fourth-order valence-corrected chi connectivity index (χ4v) is 1.81. The molecule has 1 aliphatic rings. The third kappa shape index (κ3) is 3.32. The van der Waals surface area contributed by atoms with Gasteiger partial charge in [-0.2, -0.15) is 0 Å². The Balaban J connectivity index is 2.61. The summed E-state index contributed by atoms with van der Waals surface area (Å²) in [6.07, 6.45) is -2.11. The van der Waals surface area contributed by atoms with Crippen molar-refractivity contribution >= 4 is 5.91 Å². The average molecular weight is 252 g/mol. The van der Waals surface area contributed by atoms with Crippen molar-refractivity contribution in [2.75, 3.05) is 26.9 Å². The molecular formula is C9H18F2N4O2. The highest BCUT2D eigenvalue weighted by Crippen LogP contribution is 2.29. The van der Waals surface area contributed by atoms with Gasteiger partial charge in [0.2, 0.25) is 0 Å². The number of rotatable bonds is 4. The van der Waals surface area contributed by atoms with E-state index in [1.165, 1.54) is 7.11 Å². The summed E-state index contributed by atoms with van der Waals surface area (Å²) in [4.78, 5) is 12.7. The zero-order valence-corrected chi connectivity index (χ0v) is 9.66. The Morgan fingerprint density at radius 3 is 2.82 bits per heavy atom. The summed E-state index contributed by atoms with van der Waals surface area (Å²) in [5.74, 6) is -3.63. The van der Waals surface area contributed by atoms with Gasteiger partial charge in [-0.1, -0.05) is 0 Å². The number of carbonyl (C=O) groups is 1. The van der Waals surface area contributed by atoms with Crippen LogP contribution in [0, 0.1) is 0 Å². The number of ether oxygens (including phenoxy) is 1. The van der Waals surface area contributed by atoms with E-state index in [1.54, 1.807) is 0 Å². The second kappa shape index (κ2) is 5.67. The van der Waals surface area contributed by atoms with Crippen molar-refractivity contribution in [2.45, 2.75) is 24.6 Å². The van der Waals surface area contributed by atoms with Crippen LogP contribution in [0.15, 0.2) is 0 Å². The largest absolute Gasteiger partial charge is 0.375 e. The maximum absolute atomic E-state index is 13.5. The van der Waals surface area contributed by atoms with Gasteiger partial charge in [0.15, 0.2) is 0 Å². The maximum Gasteiger partial charge on any atom is 0.290 e. The number of methoxy groups -OCH3 is 1. The van der Waals surface area contributed by atoms with E-state index in [2.05, 4.69) is 10.1 Å². The third-order valence-corrected chi connectivity index (χ3v) is 2.73. The number of piperidine rings is 1. The van der Waals surface area contributed by atoms with Gasteiger partial charge in [-0.15, -0.1) is 0 Å². The van der Waals surface area contributed by atoms with Crippen LogP contribution < -0.4 is 16.8 Å². The Bertz CT molecular complexity index is 278. The van der Waals surface area contributed by atoms with Crippen molar-refractivity contribution in [3.63, 3.8) is 0 Å². The topological polar surface area (TPSA) is 93.6 Å². The summed E-state index contributed by atoms with van der Waals surface area (Å²) in [5.41, 5.74) is 10.6. The summed E-state index contributed by atoms with van der Waals surface area (Å²) in [6, 6.07) is 0. The van der Waals surface area contributed by atoms with Gasteiger partial charge in [0.25, 0.3) is 11.8 Å². The SMILES string of the molecule is CO[C@H]1CCN(C(=O)C(N)NCN)CC1(F)F. The molecule has 1 unspecified atom stereocenters. The summed E-state index contributed by atoms with van der Waals surface area (Å²) < 4.78 is 31.7. The van der Waals surface area contributed by atoms with E-state index in [9.17, 15) is 13.6 Å². The number of nitrogens with two attached hydrogens (primary N) is 2. The number of alkyl halides is 2. The lowest BCUT2D eigenvalue weighted by Gasteiger charge is -2.38. The van der Waals surface area contributed by atoms with Gasteiger partial charge in [0.05, 0.1) is 6.54 Å². The van der Waals surface area contributed by atoms with Gasteiger partial charge in [-0.3, -0.25) is 10.1 Å². The molecule has 0 aliphatic carbocycles. The zero-order valence-electron chi connectivity index (χ0n) is 9.66. The van der Waals surface area contributed by atoms with E-state index < -0.39 is 30.6 Å². The standard InChI is InChI=1S/C9H18F2N4O2/c1-17-6-2-3-15(4-9(6,10)11)8(16)7(13)14-5-12/h6-7,14H,2-5,12-13H2,1H3/t6-,7?/m0/s1. The first kappa shape index (κ1) is 14.2. The molecule has 0 spiro atoms. The smallest absolute Gasteiger partial charge is 0.290 e. The zero-order chi connectivity index (χ0) is 13.1. The van der Waals surface area contributed by atoms with Crippen molar-refractivity contribution in [1.82, 2.24) is 10.2 Å². The molecule has 1 heterocycles. The number of carbonyl (C=O) groups excluding carboxylic acids is 1. The number of likely N-dealkylation sites (tertiary alicyclic amines) is 1. The van der Waals surface area contributed by atoms with Crippen molar-refractivity contribution in [2.24, 2.45) is 11.5 Å². The predicted molar refractivity (Wildman–Crippen MR) is 57.1 cm³/mol. The minimum atomic E-state index is -3.05. The molecule has 1 rings (SSSR count). The first-order chi connectivity index (χ1) is 7.92. The second-order valence-corrected chi connectivity index (χ2v) is 3.92. The molecule has 8 heteroatoms. The van der Waals surface area contributed by atoms with E-state index in [0.29, 0.717) is 0 Å². The number of halogens is 2. The second-order valence-electron chi connectivity index (χ2n) is 3.92. The quantitative estimate of drug-likeness (QED) is 0.538. The molecule has 0 radical (unpaired) electrons. The van der Waals surface area contributed by atoms with Crippen LogP contribution in [0.1, 0.15) is 6.42 Å². The molecule has 0 aromatic carbocycles. The molecule has 0 aromatic rings. The Labute approximate surface area is 98.2 Å². The Kier molecular flexibility index (Phi) is 4.75. The minimum absolute atomic E-state index is 0.0117. The van der Waals surface area contributed by atoms with E-state index >= 15 is 0 Å². The van der Waals surface area contributed by atoms with Crippen LogP contribution in [0.5, 0.6) is 0 Å². The number of nitrogens with zero attached hydrogens (tertiary/aromatic N) is 1. The maximum atomic E-state index is 13.5. The number of hydrogen-bond acceptors (Lipinski definition) is 5. The highest BCUT2D eigenvalue weighted by molar-refractivity contribution is 5.81. The molecule has 1 fully saturated rings. The number of amides is 1. The average Bonchev–Trinajstić information content (AvgIpc) is 2.27. The highest BCUT2D eigenvalue weighted by atomic mass is 19.3. The fourth-order valence-electron chi connectivity index (χ4n) is 1.81. The van der Waals surface area contributed by atoms with Crippen molar-refractivity contribution in [3.05, 3.63) is 0 Å². The van der Waals surface area contributed by atoms with Crippen molar-refractivity contribution in [1.29, 1.82) is 0 Å². The molecule has 1 amide bonds. The van der Waals surface area contributed by atoms with Gasteiger partial charge in [0.1, 0.15) is 12.3 Å². The molecular weight excluding hydrogens is 234 g/mol. The van der Waals surface area contributed by atoms with E-state index in [1.807, 2.05) is 0 Å². The van der Waals surface area contributed by atoms with Crippen molar-refractivity contribution < 1.29 is 18.3 Å². The van der Waals surface area contributed by atoms with Gasteiger partial charge < -0.3 is 21.1 Å². The summed E-state index contributed by atoms with van der Waals surface area (Å²) in [7, 11) is 1.23. The third-order valence-electron chi connectivity index (χ3n) is 2.73. The molecule has 0 aromatic heterocycles. The van der Waals surface area contributed by atoms with Gasteiger partial charge in [-0.25, -0.2) is 8.78 Å². The predicted octanol–water partition coefficient (Wildman–Crippen LogP) is -1.34. The molecule has 100 valence electrons. The van der Waals surface area contributed by atoms with E-state index in [4.69, 9.17) is 11.5 Å². The van der Waals surface area contributed by atoms with E-state index in [-0.39, 0.29) is 19.6 Å². The lowest BCUT2D eigenvalue weighted by Crippen LogP contribution is -2.60. The molecule has 1 aliphatic heterocycles. The minimum Gasteiger partial charge on any atom is -0.375 e. The molecule has 0 bridgehead atoms. The fraction of sp³-hybridized carbons (Fsp3) is 0.889. The Hall–Kier alpha value is -0.830. The number of hydrogen-bond donors (Lipinski definition) is 3. The lowest BCUT2D eigenvalue weighted by molar-refractivity contribution is -0.173. The summed E-state index contributed by atoms with van der Waals surface area (Å²) in [5, 5.41) is 2.48. The van der Waals surface area contributed by atoms with Crippen LogP contribution in [0.4, 0.5) is 8.78 Å². The Morgan fingerprint density at radius 2 is 2.35 bits per heavy atom. The first-order valence-electron chi connectivity index (χ1n) is 5.31. The van der Waals surface area contributed by atoms with Crippen LogP contribution in [0.3, 0.4) is 0 Å². The lowest BCUT2D eigenvalue weighted by atomic mass is 10.0. The van der Waals surface area contributed by atoms with Gasteiger partial charge in [0, 0.05) is 20.3 Å². The van der Waals surface area contributed by atoms with Crippen LogP contribution >= 0.6 is 0 Å². The summed E-state index contributed by atoms with van der Waals surface area (Å²) >= 11 is 0. The summed E-state index contributed by atoms with van der Waals surface area (Å²) in [6.45, 7) is -0.463. The molecule has 0 saturated carbocycles. The van der Waals surface area contributed by atoms with Crippen LogP contribution in [0.25, 0.3) is 0 Å². The van der Waals surface area contributed by atoms with E-state index in [0.717, 1.165) is 4.90 Å².